The van der Waals surface area contributed by atoms with Gasteiger partial charge in [-0.15, -0.1) is 37.3 Å². The first-order chi connectivity index (χ1) is 22.8. The summed E-state index contributed by atoms with van der Waals surface area (Å²) in [5.41, 5.74) is 1.24. The lowest BCUT2D eigenvalue weighted by molar-refractivity contribution is -0.141. The van der Waals surface area contributed by atoms with E-state index in [2.05, 4.69) is 84.4 Å². The predicted molar refractivity (Wildman–Crippen MR) is 194 cm³/mol. The van der Waals surface area contributed by atoms with Crippen LogP contribution in [0, 0.1) is 18.3 Å². The Morgan fingerprint density at radius 3 is 2.21 bits per heavy atom. The number of likely N-dealkylation sites (tertiary alicyclic amines) is 1. The van der Waals surface area contributed by atoms with Crippen molar-refractivity contribution in [3.05, 3.63) is 42.8 Å². The van der Waals surface area contributed by atoms with Crippen LogP contribution in [0.2, 0.25) is 0 Å². The smallest absolute Gasteiger partial charge is 0.259 e. The molecular weight excluding hydrogens is 649 g/mol. The van der Waals surface area contributed by atoms with Crippen molar-refractivity contribution >= 4 is 49.9 Å². The number of anilines is 2. The van der Waals surface area contributed by atoms with Crippen molar-refractivity contribution in [3.8, 4) is 24.1 Å². The van der Waals surface area contributed by atoms with E-state index < -0.39 is 50.1 Å². The molecule has 1 aliphatic heterocycles. The number of rotatable bonds is 12. The number of terminal acetylenes is 1. The highest BCUT2D eigenvalue weighted by molar-refractivity contribution is 7.91. The van der Waals surface area contributed by atoms with Crippen molar-refractivity contribution in [2.45, 2.75) is 96.0 Å². The number of hydrogen-bond acceptors (Lipinski definition) is 9. The van der Waals surface area contributed by atoms with E-state index in [1.54, 1.807) is 4.90 Å². The molecule has 5 rings (SSSR count). The lowest BCUT2D eigenvalue weighted by atomic mass is 9.85. The minimum absolute atomic E-state index is 0.207. The highest BCUT2D eigenvalue weighted by Gasteiger charge is 2.54. The first-order valence-electron chi connectivity index (χ1n) is 16.4. The number of carbonyl (C=O) groups excluding carboxylic acids is 3. The van der Waals surface area contributed by atoms with Crippen LogP contribution >= 0.6 is 11.3 Å². The molecule has 3 amide bonds. The monoisotopic (exact) mass is 698 g/mol. The number of nitrogens with zero attached hydrogens (tertiary/aromatic N) is 3. The first kappa shape index (κ1) is 38.6. The Hall–Kier alpha value is -3.89. The number of amides is 3. The standard InChI is InChI=1S/C31H44N6O5S2.C2H4.C2H2/c1-6-36(7-2)21-12-10-20(11-13-21)23-19-43-29(32-23)33-25(30(3,4)5)27(39)37-18-8-9-24(37)26(38)34-31(16-17-31)28(40)35-44(41,42)22-14-15-22;2*1-2/h10-13,19,22,24-25H,6-9,14-18H2,1-5H3,(H,32,33)(H,34,38)(H,35,40);1-2H2;1-2H/t24-,25+;;/m0../s1. The third-order valence-corrected chi connectivity index (χ3v) is 11.4. The molecule has 13 heteroatoms. The molecule has 2 atom stereocenters. The van der Waals surface area contributed by atoms with Crippen LogP contribution in [0.25, 0.3) is 11.3 Å². The number of nitrogens with one attached hydrogen (secondary N) is 3. The lowest BCUT2D eigenvalue weighted by Gasteiger charge is -2.35. The molecule has 11 nitrogen and oxygen atoms in total. The molecule has 0 unspecified atom stereocenters. The van der Waals surface area contributed by atoms with Gasteiger partial charge in [0.05, 0.1) is 10.9 Å². The summed E-state index contributed by atoms with van der Waals surface area (Å²) in [6, 6.07) is 6.91. The minimum Gasteiger partial charge on any atom is -0.372 e. The molecule has 2 heterocycles. The molecule has 3 N–H and O–H groups in total. The van der Waals surface area contributed by atoms with Gasteiger partial charge < -0.3 is 20.4 Å². The maximum atomic E-state index is 14.0. The molecule has 0 radical (unpaired) electrons. The Kier molecular flexibility index (Phi) is 12.9. The fourth-order valence-corrected chi connectivity index (χ4v) is 7.81. The molecule has 2 saturated carbocycles. The van der Waals surface area contributed by atoms with Gasteiger partial charge in [-0.05, 0) is 69.9 Å². The molecule has 0 bridgehead atoms. The van der Waals surface area contributed by atoms with Crippen LogP contribution in [-0.4, -0.2) is 78.5 Å². The summed E-state index contributed by atoms with van der Waals surface area (Å²) in [4.78, 5) is 49.0. The zero-order valence-corrected chi connectivity index (χ0v) is 30.4. The maximum Gasteiger partial charge on any atom is 0.259 e. The second-order valence-corrected chi connectivity index (χ2v) is 16.0. The molecule has 1 aromatic heterocycles. The van der Waals surface area contributed by atoms with Gasteiger partial charge >= 0.3 is 0 Å². The number of sulfonamides is 1. The van der Waals surface area contributed by atoms with Crippen LogP contribution in [0.4, 0.5) is 10.8 Å². The molecule has 2 aliphatic carbocycles. The summed E-state index contributed by atoms with van der Waals surface area (Å²) in [6.07, 6.45) is 10.9. The number of aromatic nitrogens is 1. The highest BCUT2D eigenvalue weighted by atomic mass is 32.2. The van der Waals surface area contributed by atoms with Gasteiger partial charge in [0, 0.05) is 36.3 Å². The van der Waals surface area contributed by atoms with Crippen molar-refractivity contribution in [1.82, 2.24) is 19.9 Å². The van der Waals surface area contributed by atoms with Gasteiger partial charge in [0.1, 0.15) is 17.6 Å². The predicted octanol–water partition coefficient (Wildman–Crippen LogP) is 4.78. The van der Waals surface area contributed by atoms with Crippen LogP contribution in [0.15, 0.2) is 42.8 Å². The van der Waals surface area contributed by atoms with Crippen molar-refractivity contribution in [3.63, 3.8) is 0 Å². The van der Waals surface area contributed by atoms with Gasteiger partial charge in [-0.1, -0.05) is 32.9 Å². The Morgan fingerprint density at radius 1 is 1.08 bits per heavy atom. The molecule has 1 aromatic carbocycles. The van der Waals surface area contributed by atoms with Gasteiger partial charge in [-0.25, -0.2) is 13.4 Å². The van der Waals surface area contributed by atoms with E-state index in [1.807, 2.05) is 26.2 Å². The van der Waals surface area contributed by atoms with Crippen molar-refractivity contribution < 1.29 is 22.8 Å². The summed E-state index contributed by atoms with van der Waals surface area (Å²) in [6.45, 7) is 18.5. The normalized spacial score (nSPS) is 18.6. The van der Waals surface area contributed by atoms with Crippen molar-refractivity contribution in [2.75, 3.05) is 29.9 Å². The van der Waals surface area contributed by atoms with Crippen molar-refractivity contribution in [2.24, 2.45) is 5.41 Å². The van der Waals surface area contributed by atoms with Crippen molar-refractivity contribution in [1.29, 1.82) is 0 Å². The Bertz CT molecular complexity index is 1550. The topological polar surface area (TPSA) is 141 Å². The molecule has 0 spiro atoms. The third-order valence-electron chi connectivity index (χ3n) is 8.76. The molecule has 1 saturated heterocycles. The average molecular weight is 699 g/mol. The van der Waals surface area contributed by atoms with E-state index in [1.165, 1.54) is 11.3 Å². The van der Waals surface area contributed by atoms with Gasteiger partial charge in [0.15, 0.2) is 5.13 Å². The molecule has 2 aromatic rings. The number of hydrogen-bond donors (Lipinski definition) is 3. The first-order valence-corrected chi connectivity index (χ1v) is 18.8. The molecule has 3 aliphatic rings. The van der Waals surface area contributed by atoms with Gasteiger partial charge in [0.25, 0.3) is 5.91 Å². The zero-order valence-electron chi connectivity index (χ0n) is 28.8. The quantitative estimate of drug-likeness (QED) is 0.213. The van der Waals surface area contributed by atoms with Crippen LogP contribution in [-0.2, 0) is 24.4 Å². The highest BCUT2D eigenvalue weighted by Crippen LogP contribution is 2.38. The second-order valence-electron chi connectivity index (χ2n) is 13.1. The van der Waals surface area contributed by atoms with E-state index >= 15 is 0 Å². The van der Waals surface area contributed by atoms with Gasteiger partial charge in [-0.2, -0.15) is 0 Å². The number of benzene rings is 1. The molecule has 3 fully saturated rings. The SMILES string of the molecule is C#C.C=C.CCN(CC)c1ccc(-c2csc(N[C@H](C(=O)N3CCC[C@H]3C(=O)NC3(C(=O)NS(=O)(=O)C4CC4)CC3)C(C)(C)C)n2)cc1. The third kappa shape index (κ3) is 8.96. The average Bonchev–Trinajstić information content (AvgIpc) is 3.98. The van der Waals surface area contributed by atoms with Gasteiger partial charge in [0.2, 0.25) is 21.8 Å². The number of thiazole rings is 1. The largest absolute Gasteiger partial charge is 0.372 e. The van der Waals surface area contributed by atoms with E-state index in [0.29, 0.717) is 50.2 Å². The summed E-state index contributed by atoms with van der Waals surface area (Å²) < 4.78 is 26.8. The van der Waals surface area contributed by atoms with E-state index in [-0.39, 0.29) is 5.91 Å². The van der Waals surface area contributed by atoms with E-state index in [9.17, 15) is 22.8 Å². The summed E-state index contributed by atoms with van der Waals surface area (Å²) in [7, 11) is -3.72. The molecule has 262 valence electrons. The summed E-state index contributed by atoms with van der Waals surface area (Å²) in [5.74, 6) is -1.32. The van der Waals surface area contributed by atoms with Crippen LogP contribution in [0.1, 0.15) is 73.1 Å². The van der Waals surface area contributed by atoms with Crippen LogP contribution < -0.4 is 20.3 Å². The van der Waals surface area contributed by atoms with Crippen LogP contribution in [0.5, 0.6) is 0 Å². The van der Waals surface area contributed by atoms with E-state index in [0.717, 1.165) is 30.0 Å². The summed E-state index contributed by atoms with van der Waals surface area (Å²) in [5, 5.41) is 8.21. The number of carbonyl (C=O) groups is 3. The fraction of sp³-hybridized carbons (Fsp3) is 0.543. The fourth-order valence-electron chi connectivity index (χ4n) is 5.69. The van der Waals surface area contributed by atoms with E-state index in [4.69, 9.17) is 4.98 Å². The van der Waals surface area contributed by atoms with Crippen LogP contribution in [0.3, 0.4) is 0 Å². The Balaban J connectivity index is 0.00000151. The Morgan fingerprint density at radius 2 is 1.69 bits per heavy atom. The lowest BCUT2D eigenvalue weighted by Crippen LogP contribution is -2.58. The maximum absolute atomic E-state index is 14.0. The van der Waals surface area contributed by atoms with Gasteiger partial charge in [-0.3, -0.25) is 19.1 Å². The second kappa shape index (κ2) is 16.0. The minimum atomic E-state index is -3.72. The Labute approximate surface area is 290 Å². The molecule has 48 heavy (non-hydrogen) atoms. The zero-order chi connectivity index (χ0) is 35.9. The molecular formula is C35H50N6O5S2. The summed E-state index contributed by atoms with van der Waals surface area (Å²) >= 11 is 1.43.